The molecular weight excluding hydrogens is 306 g/mol. The van der Waals surface area contributed by atoms with E-state index in [9.17, 15) is 13.2 Å². The highest BCUT2D eigenvalue weighted by molar-refractivity contribution is 7.89. The Hall–Kier alpha value is -1.38. The molecule has 0 saturated carbocycles. The van der Waals surface area contributed by atoms with Crippen LogP contribution in [-0.4, -0.2) is 67.9 Å². The van der Waals surface area contributed by atoms with Crippen molar-refractivity contribution in [3.63, 3.8) is 0 Å². The number of rotatable bonds is 5. The Kier molecular flexibility index (Phi) is 5.25. The zero-order valence-electron chi connectivity index (χ0n) is 13.2. The maximum Gasteiger partial charge on any atom is 0.270 e. The third kappa shape index (κ3) is 3.34. The molecule has 1 aliphatic heterocycles. The van der Waals surface area contributed by atoms with Crippen molar-refractivity contribution in [3.8, 4) is 0 Å². The fourth-order valence-electron chi connectivity index (χ4n) is 2.25. The van der Waals surface area contributed by atoms with E-state index in [1.54, 1.807) is 11.9 Å². The summed E-state index contributed by atoms with van der Waals surface area (Å²) in [6.45, 7) is 5.41. The Morgan fingerprint density at radius 1 is 1.45 bits per heavy atom. The molecule has 7 nitrogen and oxygen atoms in total. The molecule has 124 valence electrons. The number of hydrogen-bond acceptors (Lipinski definition) is 4. The molecule has 1 aromatic heterocycles. The van der Waals surface area contributed by atoms with Crippen LogP contribution in [0, 0.1) is 0 Å². The first-order chi connectivity index (χ1) is 10.4. The largest absolute Gasteiger partial charge is 0.379 e. The lowest BCUT2D eigenvalue weighted by atomic mass is 10.2. The lowest BCUT2D eigenvalue weighted by Crippen LogP contribution is -2.40. The van der Waals surface area contributed by atoms with Crippen molar-refractivity contribution in [2.24, 2.45) is 0 Å². The highest BCUT2D eigenvalue weighted by atomic mass is 32.2. The maximum absolute atomic E-state index is 12.5. The molecule has 2 heterocycles. The molecule has 0 aliphatic carbocycles. The molecule has 1 saturated heterocycles. The number of nitrogens with zero attached hydrogens (tertiary/aromatic N) is 2. The van der Waals surface area contributed by atoms with Gasteiger partial charge in [0.05, 0.1) is 13.2 Å². The van der Waals surface area contributed by atoms with Gasteiger partial charge in [0.1, 0.15) is 10.6 Å². The molecule has 0 unspecified atom stereocenters. The van der Waals surface area contributed by atoms with Crippen molar-refractivity contribution in [3.05, 3.63) is 18.0 Å². The highest BCUT2D eigenvalue weighted by Crippen LogP contribution is 2.19. The lowest BCUT2D eigenvalue weighted by molar-refractivity contribution is 0.0729. The van der Waals surface area contributed by atoms with E-state index in [0.29, 0.717) is 26.3 Å². The minimum atomic E-state index is -3.57. The van der Waals surface area contributed by atoms with Crippen LogP contribution in [0.2, 0.25) is 0 Å². The molecule has 1 fully saturated rings. The first-order valence-electron chi connectivity index (χ1n) is 7.41. The fourth-order valence-corrected chi connectivity index (χ4v) is 3.65. The van der Waals surface area contributed by atoms with Gasteiger partial charge < -0.3 is 14.6 Å². The van der Waals surface area contributed by atoms with Gasteiger partial charge in [0.2, 0.25) is 10.0 Å². The highest BCUT2D eigenvalue weighted by Gasteiger charge is 2.28. The van der Waals surface area contributed by atoms with Gasteiger partial charge >= 0.3 is 0 Å². The lowest BCUT2D eigenvalue weighted by Gasteiger charge is -2.25. The van der Waals surface area contributed by atoms with E-state index in [0.717, 1.165) is 6.42 Å². The van der Waals surface area contributed by atoms with Gasteiger partial charge in [-0.3, -0.25) is 4.79 Å². The molecule has 0 bridgehead atoms. The van der Waals surface area contributed by atoms with Gasteiger partial charge in [0.15, 0.2) is 0 Å². The second-order valence-electron chi connectivity index (χ2n) is 5.44. The van der Waals surface area contributed by atoms with Gasteiger partial charge in [-0.2, -0.15) is 4.31 Å². The van der Waals surface area contributed by atoms with Gasteiger partial charge in [-0.25, -0.2) is 8.42 Å². The summed E-state index contributed by atoms with van der Waals surface area (Å²) in [6.07, 6.45) is 2.21. The summed E-state index contributed by atoms with van der Waals surface area (Å²) < 4.78 is 31.6. The van der Waals surface area contributed by atoms with E-state index < -0.39 is 10.0 Å². The smallest absolute Gasteiger partial charge is 0.270 e. The van der Waals surface area contributed by atoms with Gasteiger partial charge in [0.25, 0.3) is 5.91 Å². The van der Waals surface area contributed by atoms with Crippen LogP contribution in [0.3, 0.4) is 0 Å². The molecule has 1 atom stereocenters. The summed E-state index contributed by atoms with van der Waals surface area (Å²) >= 11 is 0. The Bertz CT molecular complexity index is 620. The summed E-state index contributed by atoms with van der Waals surface area (Å²) in [6, 6.07) is 1.50. The average Bonchev–Trinajstić information content (AvgIpc) is 3.04. The monoisotopic (exact) mass is 329 g/mol. The molecule has 1 N–H and O–H groups in total. The third-order valence-electron chi connectivity index (χ3n) is 4.07. The SMILES string of the molecule is CC[C@H](C)N(C)C(=O)c1cc(S(=O)(=O)N2CCOCC2)c[nH]1. The number of nitrogens with one attached hydrogen (secondary N) is 1. The Morgan fingerprint density at radius 2 is 2.09 bits per heavy atom. The van der Waals surface area contributed by atoms with Crippen LogP contribution >= 0.6 is 0 Å². The van der Waals surface area contributed by atoms with Crippen LogP contribution in [0.4, 0.5) is 0 Å². The minimum absolute atomic E-state index is 0.0927. The first kappa shape index (κ1) is 17.0. The topological polar surface area (TPSA) is 82.7 Å². The van der Waals surface area contributed by atoms with E-state index in [2.05, 4.69) is 4.98 Å². The molecule has 0 spiro atoms. The normalized spacial score (nSPS) is 18.1. The molecular formula is C14H23N3O4S. The predicted molar refractivity (Wildman–Crippen MR) is 82.2 cm³/mol. The minimum Gasteiger partial charge on any atom is -0.379 e. The number of aromatic amines is 1. The van der Waals surface area contributed by atoms with Crippen LogP contribution in [0.15, 0.2) is 17.2 Å². The molecule has 0 radical (unpaired) electrons. The van der Waals surface area contributed by atoms with Gasteiger partial charge in [0, 0.05) is 32.4 Å². The van der Waals surface area contributed by atoms with Crippen LogP contribution in [0.1, 0.15) is 30.8 Å². The first-order valence-corrected chi connectivity index (χ1v) is 8.85. The van der Waals surface area contributed by atoms with E-state index in [-0.39, 0.29) is 22.5 Å². The van der Waals surface area contributed by atoms with Crippen molar-refractivity contribution >= 4 is 15.9 Å². The zero-order valence-corrected chi connectivity index (χ0v) is 14.0. The van der Waals surface area contributed by atoms with E-state index in [1.165, 1.54) is 16.6 Å². The van der Waals surface area contributed by atoms with Crippen LogP contribution in [0.25, 0.3) is 0 Å². The van der Waals surface area contributed by atoms with Gasteiger partial charge in [-0.1, -0.05) is 6.92 Å². The molecule has 22 heavy (non-hydrogen) atoms. The number of ether oxygens (including phenoxy) is 1. The van der Waals surface area contributed by atoms with Crippen LogP contribution in [0.5, 0.6) is 0 Å². The number of morpholine rings is 1. The Labute approximate surface area is 131 Å². The van der Waals surface area contributed by atoms with E-state index >= 15 is 0 Å². The van der Waals surface area contributed by atoms with Crippen molar-refractivity contribution in [2.75, 3.05) is 33.4 Å². The second-order valence-corrected chi connectivity index (χ2v) is 7.38. The maximum atomic E-state index is 12.5. The number of carbonyl (C=O) groups is 1. The number of carbonyl (C=O) groups excluding carboxylic acids is 1. The van der Waals surface area contributed by atoms with Crippen molar-refractivity contribution < 1.29 is 17.9 Å². The number of amides is 1. The number of H-pyrrole nitrogens is 1. The summed E-state index contributed by atoms with van der Waals surface area (Å²) in [7, 11) is -1.86. The van der Waals surface area contributed by atoms with E-state index in [1.807, 2.05) is 13.8 Å². The average molecular weight is 329 g/mol. The molecule has 8 heteroatoms. The fraction of sp³-hybridized carbons (Fsp3) is 0.643. The summed E-state index contributed by atoms with van der Waals surface area (Å²) in [4.78, 5) is 16.8. The molecule has 2 rings (SSSR count). The molecule has 1 aromatic rings. The zero-order chi connectivity index (χ0) is 16.3. The summed E-state index contributed by atoms with van der Waals surface area (Å²) in [5.41, 5.74) is 0.287. The van der Waals surface area contributed by atoms with E-state index in [4.69, 9.17) is 4.74 Å². The molecule has 1 amide bonds. The van der Waals surface area contributed by atoms with Crippen molar-refractivity contribution in [1.29, 1.82) is 0 Å². The third-order valence-corrected chi connectivity index (χ3v) is 5.94. The molecule has 0 aromatic carbocycles. The quantitative estimate of drug-likeness (QED) is 0.870. The number of hydrogen-bond donors (Lipinski definition) is 1. The summed E-state index contributed by atoms with van der Waals surface area (Å²) in [5.74, 6) is -0.210. The standard InChI is InChI=1S/C14H23N3O4S/c1-4-11(2)16(3)14(18)13-9-12(10-15-13)22(19,20)17-5-7-21-8-6-17/h9-11,15H,4-8H2,1-3H3/t11-/m0/s1. The predicted octanol–water partition coefficient (Wildman–Crippen LogP) is 0.906. The van der Waals surface area contributed by atoms with Gasteiger partial charge in [-0.15, -0.1) is 0 Å². The Balaban J connectivity index is 2.18. The summed E-state index contributed by atoms with van der Waals surface area (Å²) in [5, 5.41) is 0. The van der Waals surface area contributed by atoms with Gasteiger partial charge in [-0.05, 0) is 19.4 Å². The second kappa shape index (κ2) is 6.80. The number of aromatic nitrogens is 1. The van der Waals surface area contributed by atoms with Crippen molar-refractivity contribution in [2.45, 2.75) is 31.2 Å². The number of sulfonamides is 1. The Morgan fingerprint density at radius 3 is 2.68 bits per heavy atom. The molecule has 1 aliphatic rings. The van der Waals surface area contributed by atoms with Crippen LogP contribution in [-0.2, 0) is 14.8 Å². The van der Waals surface area contributed by atoms with Crippen LogP contribution < -0.4 is 0 Å². The van der Waals surface area contributed by atoms with Crippen molar-refractivity contribution in [1.82, 2.24) is 14.2 Å².